The minimum absolute atomic E-state index is 0.00844. The van der Waals surface area contributed by atoms with E-state index in [9.17, 15) is 0 Å². The van der Waals surface area contributed by atoms with Crippen LogP contribution < -0.4 is 5.73 Å². The Morgan fingerprint density at radius 2 is 2.12 bits per heavy atom. The van der Waals surface area contributed by atoms with Crippen LogP contribution in [0.1, 0.15) is 16.5 Å². The molecule has 1 heterocycles. The van der Waals surface area contributed by atoms with Crippen molar-refractivity contribution in [3.05, 3.63) is 53.2 Å². The third kappa shape index (κ3) is 3.67. The quantitative estimate of drug-likeness (QED) is 0.665. The molecule has 2 rings (SSSR count). The average Bonchev–Trinajstić information content (AvgIpc) is 2.67. The summed E-state index contributed by atoms with van der Waals surface area (Å²) in [4.78, 5) is 1.22. The largest absolute Gasteiger partial charge is 0.324 e. The van der Waals surface area contributed by atoms with Gasteiger partial charge in [0, 0.05) is 25.4 Å². The number of hydrogen-bond donors (Lipinski definition) is 1. The van der Waals surface area contributed by atoms with E-state index in [1.54, 1.807) is 11.3 Å². The van der Waals surface area contributed by atoms with Gasteiger partial charge in [0.05, 0.1) is 4.34 Å². The molecule has 2 aromatic rings. The lowest BCUT2D eigenvalue weighted by molar-refractivity contribution is 0.725. The monoisotopic (exact) mass is 441 g/mol. The number of benzene rings is 1. The fourth-order valence-corrected chi connectivity index (χ4v) is 3.85. The fraction of sp³-hybridized carbons (Fsp3) is 0.167. The van der Waals surface area contributed by atoms with Crippen LogP contribution in [0.3, 0.4) is 0 Å². The third-order valence-electron chi connectivity index (χ3n) is 2.41. The predicted octanol–water partition coefficient (Wildman–Crippen LogP) is 5.01. The molecule has 2 N–H and O–H groups in total. The molecular formula is C12H10BrClINS. The molecular weight excluding hydrogens is 432 g/mol. The Bertz CT molecular complexity index is 529. The highest BCUT2D eigenvalue weighted by molar-refractivity contribution is 14.1. The van der Waals surface area contributed by atoms with Gasteiger partial charge in [-0.1, -0.05) is 27.5 Å². The Kier molecular flexibility index (Phi) is 4.88. The van der Waals surface area contributed by atoms with Gasteiger partial charge in [0.15, 0.2) is 0 Å². The van der Waals surface area contributed by atoms with E-state index in [0.717, 1.165) is 15.2 Å². The minimum atomic E-state index is 0.00844. The Hall–Kier alpha value is 0.380. The van der Waals surface area contributed by atoms with Crippen molar-refractivity contribution < 1.29 is 0 Å². The Labute approximate surface area is 132 Å². The second-order valence-corrected chi connectivity index (χ2v) is 7.56. The summed E-state index contributed by atoms with van der Waals surface area (Å²) < 4.78 is 3.07. The SMILES string of the molecule is NC(Cc1ccc(Cl)s1)c1cc(Br)ccc1I. The molecule has 0 saturated carbocycles. The van der Waals surface area contributed by atoms with E-state index >= 15 is 0 Å². The van der Waals surface area contributed by atoms with Crippen LogP contribution in [0.15, 0.2) is 34.8 Å². The van der Waals surface area contributed by atoms with Gasteiger partial charge in [-0.2, -0.15) is 0 Å². The van der Waals surface area contributed by atoms with Gasteiger partial charge in [-0.15, -0.1) is 11.3 Å². The first-order chi connectivity index (χ1) is 8.06. The zero-order valence-corrected chi connectivity index (χ0v) is 14.1. The van der Waals surface area contributed by atoms with E-state index in [2.05, 4.69) is 50.7 Å². The summed E-state index contributed by atoms with van der Waals surface area (Å²) >= 11 is 13.3. The Balaban J connectivity index is 2.19. The smallest absolute Gasteiger partial charge is 0.0931 e. The highest BCUT2D eigenvalue weighted by atomic mass is 127. The molecule has 90 valence electrons. The van der Waals surface area contributed by atoms with Crippen LogP contribution in [0.4, 0.5) is 0 Å². The molecule has 1 nitrogen and oxygen atoms in total. The standard InChI is InChI=1S/C12H10BrClINS/c13-7-1-3-10(15)9(5-7)11(16)6-8-2-4-12(14)17-8/h1-5,11H,6,16H2. The van der Waals surface area contributed by atoms with E-state index in [0.29, 0.717) is 0 Å². The molecule has 1 unspecified atom stereocenters. The van der Waals surface area contributed by atoms with Gasteiger partial charge in [-0.3, -0.25) is 0 Å². The lowest BCUT2D eigenvalue weighted by Gasteiger charge is -2.13. The van der Waals surface area contributed by atoms with Gasteiger partial charge in [0.25, 0.3) is 0 Å². The van der Waals surface area contributed by atoms with Crippen LogP contribution in [-0.4, -0.2) is 0 Å². The first kappa shape index (κ1) is 13.8. The third-order valence-corrected chi connectivity index (χ3v) is 5.14. The van der Waals surface area contributed by atoms with Gasteiger partial charge in [0.1, 0.15) is 0 Å². The van der Waals surface area contributed by atoms with Crippen molar-refractivity contribution in [2.45, 2.75) is 12.5 Å². The average molecular weight is 443 g/mol. The van der Waals surface area contributed by atoms with Crippen molar-refractivity contribution in [3.63, 3.8) is 0 Å². The lowest BCUT2D eigenvalue weighted by atomic mass is 10.0. The van der Waals surface area contributed by atoms with Gasteiger partial charge in [-0.05, 0) is 58.5 Å². The predicted molar refractivity (Wildman–Crippen MR) is 86.8 cm³/mol. The van der Waals surface area contributed by atoms with Crippen LogP contribution in [0.25, 0.3) is 0 Å². The maximum Gasteiger partial charge on any atom is 0.0931 e. The first-order valence-corrected chi connectivity index (χ1v) is 8.07. The second kappa shape index (κ2) is 6.02. The highest BCUT2D eigenvalue weighted by Crippen LogP contribution is 2.28. The molecule has 1 aromatic carbocycles. The van der Waals surface area contributed by atoms with Crippen LogP contribution in [-0.2, 0) is 6.42 Å². The van der Waals surface area contributed by atoms with Gasteiger partial charge in [-0.25, -0.2) is 0 Å². The number of thiophene rings is 1. The Morgan fingerprint density at radius 3 is 2.76 bits per heavy atom. The topological polar surface area (TPSA) is 26.0 Å². The summed E-state index contributed by atoms with van der Waals surface area (Å²) in [6.07, 6.45) is 0.823. The maximum absolute atomic E-state index is 6.24. The zero-order chi connectivity index (χ0) is 12.4. The zero-order valence-electron chi connectivity index (χ0n) is 8.79. The molecule has 0 aliphatic carbocycles. The molecule has 0 radical (unpaired) electrons. The molecule has 0 bridgehead atoms. The normalized spacial score (nSPS) is 12.7. The summed E-state index contributed by atoms with van der Waals surface area (Å²) in [5.41, 5.74) is 7.41. The summed E-state index contributed by atoms with van der Waals surface area (Å²) in [5.74, 6) is 0. The van der Waals surface area contributed by atoms with Gasteiger partial charge in [0.2, 0.25) is 0 Å². The maximum atomic E-state index is 6.24. The molecule has 0 amide bonds. The van der Waals surface area contributed by atoms with E-state index in [1.165, 1.54) is 14.0 Å². The highest BCUT2D eigenvalue weighted by Gasteiger charge is 2.12. The molecule has 5 heteroatoms. The van der Waals surface area contributed by atoms with Crippen molar-refractivity contribution in [2.75, 3.05) is 0 Å². The molecule has 0 aliphatic heterocycles. The molecule has 17 heavy (non-hydrogen) atoms. The second-order valence-electron chi connectivity index (χ2n) is 3.68. The summed E-state index contributed by atoms with van der Waals surface area (Å²) in [6, 6.07) is 10.1. The molecule has 1 atom stereocenters. The van der Waals surface area contributed by atoms with Crippen LogP contribution in [0.2, 0.25) is 4.34 Å². The fourth-order valence-electron chi connectivity index (χ4n) is 1.59. The van der Waals surface area contributed by atoms with Crippen LogP contribution in [0.5, 0.6) is 0 Å². The molecule has 0 saturated heterocycles. The van der Waals surface area contributed by atoms with Crippen LogP contribution >= 0.6 is 61.5 Å². The van der Waals surface area contributed by atoms with E-state index < -0.39 is 0 Å². The lowest BCUT2D eigenvalue weighted by Crippen LogP contribution is -2.14. The molecule has 0 spiro atoms. The van der Waals surface area contributed by atoms with Crippen molar-refractivity contribution in [3.8, 4) is 0 Å². The number of hydrogen-bond acceptors (Lipinski definition) is 2. The minimum Gasteiger partial charge on any atom is -0.324 e. The summed E-state index contributed by atoms with van der Waals surface area (Å²) in [7, 11) is 0. The Morgan fingerprint density at radius 1 is 1.35 bits per heavy atom. The number of nitrogens with two attached hydrogens (primary N) is 1. The van der Waals surface area contributed by atoms with E-state index in [-0.39, 0.29) is 6.04 Å². The van der Waals surface area contributed by atoms with Crippen LogP contribution in [0, 0.1) is 3.57 Å². The van der Waals surface area contributed by atoms with Gasteiger partial charge >= 0.3 is 0 Å². The van der Waals surface area contributed by atoms with E-state index in [1.807, 2.05) is 18.2 Å². The number of rotatable bonds is 3. The molecule has 1 aromatic heterocycles. The molecule has 0 aliphatic rings. The van der Waals surface area contributed by atoms with Crippen molar-refractivity contribution >= 4 is 61.5 Å². The van der Waals surface area contributed by atoms with E-state index in [4.69, 9.17) is 17.3 Å². The summed E-state index contributed by atoms with van der Waals surface area (Å²) in [6.45, 7) is 0. The van der Waals surface area contributed by atoms with Crippen molar-refractivity contribution in [1.82, 2.24) is 0 Å². The first-order valence-electron chi connectivity index (χ1n) is 5.01. The van der Waals surface area contributed by atoms with Gasteiger partial charge < -0.3 is 5.73 Å². The number of halogens is 3. The summed E-state index contributed by atoms with van der Waals surface area (Å²) in [5, 5.41) is 0. The van der Waals surface area contributed by atoms with Crippen molar-refractivity contribution in [2.24, 2.45) is 5.73 Å². The molecule has 0 fully saturated rings. The van der Waals surface area contributed by atoms with Crippen molar-refractivity contribution in [1.29, 1.82) is 0 Å².